The lowest BCUT2D eigenvalue weighted by Crippen LogP contribution is -2.37. The van der Waals surface area contributed by atoms with Crippen LogP contribution in [0.4, 0.5) is 0 Å². The van der Waals surface area contributed by atoms with Gasteiger partial charge >= 0.3 is 0 Å². The zero-order valence-electron chi connectivity index (χ0n) is 31.9. The molecule has 1 saturated carbocycles. The van der Waals surface area contributed by atoms with Gasteiger partial charge in [0, 0.05) is 23.7 Å². The normalized spacial score (nSPS) is 24.1. The Morgan fingerprint density at radius 1 is 0.362 bits per heavy atom. The molecule has 15 rings (SSSR count). The van der Waals surface area contributed by atoms with Gasteiger partial charge in [-0.05, 0) is 152 Å². The van der Waals surface area contributed by atoms with Gasteiger partial charge in [-0.25, -0.2) is 0 Å². The maximum atomic E-state index is 2.61. The number of rotatable bonds is 2. The zero-order valence-corrected chi connectivity index (χ0v) is 31.9. The van der Waals surface area contributed by atoms with Crippen molar-refractivity contribution >= 4 is 55.0 Å². The third-order valence-electron chi connectivity index (χ3n) is 15.3. The number of hydrogen-bond donors (Lipinski definition) is 0. The Hall–Kier alpha value is -6.76. The summed E-state index contributed by atoms with van der Waals surface area (Å²) in [6.45, 7) is 0. The monoisotopic (exact) mass is 732 g/mol. The van der Waals surface area contributed by atoms with Gasteiger partial charge in [-0.1, -0.05) is 164 Å². The third-order valence-corrected chi connectivity index (χ3v) is 15.3. The summed E-state index contributed by atoms with van der Waals surface area (Å²) in [6, 6.07) is 41.5. The molecule has 0 radical (unpaired) electrons. The van der Waals surface area contributed by atoms with Crippen LogP contribution in [0, 0.1) is 23.7 Å². The van der Waals surface area contributed by atoms with Crippen molar-refractivity contribution < 1.29 is 0 Å². The highest BCUT2D eigenvalue weighted by Crippen LogP contribution is 2.69. The highest BCUT2D eigenvalue weighted by Gasteiger charge is 2.54. The molecule has 0 heteroatoms. The zero-order chi connectivity index (χ0) is 37.4. The number of allylic oxidation sites excluding steroid dienone is 20. The van der Waals surface area contributed by atoms with E-state index in [1.54, 1.807) is 0 Å². The van der Waals surface area contributed by atoms with Crippen molar-refractivity contribution in [1.29, 1.82) is 0 Å². The van der Waals surface area contributed by atoms with Crippen molar-refractivity contribution in [2.45, 2.75) is 12.8 Å². The Morgan fingerprint density at radius 2 is 0.862 bits per heavy atom. The summed E-state index contributed by atoms with van der Waals surface area (Å²) in [5, 5.41) is 5.58. The minimum atomic E-state index is 0.253. The fraction of sp³-hybridized carbons (Fsp3) is 0.103. The van der Waals surface area contributed by atoms with Gasteiger partial charge in [0.05, 0.1) is 0 Å². The van der Waals surface area contributed by atoms with Crippen LogP contribution in [0.15, 0.2) is 192 Å². The van der Waals surface area contributed by atoms with E-state index in [9.17, 15) is 0 Å². The van der Waals surface area contributed by atoms with Crippen molar-refractivity contribution in [1.82, 2.24) is 0 Å². The van der Waals surface area contributed by atoms with Crippen LogP contribution in [0.1, 0.15) is 46.2 Å². The highest BCUT2D eigenvalue weighted by molar-refractivity contribution is 6.30. The second-order valence-electron chi connectivity index (χ2n) is 17.6. The quantitative estimate of drug-likeness (QED) is 0.156. The molecule has 0 aliphatic heterocycles. The molecular formula is C58H36. The Balaban J connectivity index is 1.08. The lowest BCUT2D eigenvalue weighted by molar-refractivity contribution is 0.525. The van der Waals surface area contributed by atoms with Gasteiger partial charge in [0.1, 0.15) is 0 Å². The molecule has 0 N–H and O–H groups in total. The second kappa shape index (κ2) is 10.6. The fourth-order valence-electron chi connectivity index (χ4n) is 13.2. The van der Waals surface area contributed by atoms with Crippen LogP contribution in [-0.2, 0) is 0 Å². The van der Waals surface area contributed by atoms with Gasteiger partial charge in [-0.15, -0.1) is 0 Å². The van der Waals surface area contributed by atoms with Gasteiger partial charge < -0.3 is 0 Å². The van der Waals surface area contributed by atoms with Crippen LogP contribution in [0.3, 0.4) is 0 Å². The first-order valence-corrected chi connectivity index (χ1v) is 21.2. The van der Waals surface area contributed by atoms with E-state index in [0.717, 1.165) is 12.8 Å². The van der Waals surface area contributed by atoms with Crippen LogP contribution in [-0.4, -0.2) is 0 Å². The van der Waals surface area contributed by atoms with Crippen molar-refractivity contribution in [3.63, 3.8) is 0 Å². The van der Waals surface area contributed by atoms with E-state index in [1.165, 1.54) is 133 Å². The molecule has 0 nitrogen and oxygen atoms in total. The molecule has 4 unspecified atom stereocenters. The molecule has 6 aromatic rings. The third kappa shape index (κ3) is 3.49. The molecule has 0 bridgehead atoms. The van der Waals surface area contributed by atoms with E-state index < -0.39 is 0 Å². The molecule has 58 heavy (non-hydrogen) atoms. The smallest absolute Gasteiger partial charge is 0.0212 e. The first kappa shape index (κ1) is 30.4. The summed E-state index contributed by atoms with van der Waals surface area (Å²) in [4.78, 5) is 0. The Kier molecular flexibility index (Phi) is 5.55. The minimum absolute atomic E-state index is 0.253. The Labute approximate surface area is 338 Å². The molecule has 0 heterocycles. The van der Waals surface area contributed by atoms with Crippen molar-refractivity contribution in [3.8, 4) is 22.3 Å². The summed E-state index contributed by atoms with van der Waals surface area (Å²) >= 11 is 0. The van der Waals surface area contributed by atoms with E-state index in [2.05, 4.69) is 170 Å². The van der Waals surface area contributed by atoms with Crippen LogP contribution >= 0.6 is 0 Å². The van der Waals surface area contributed by atoms with Crippen molar-refractivity contribution in [2.75, 3.05) is 0 Å². The largest absolute Gasteiger partial charge is 0.0836 e. The average molecular weight is 733 g/mol. The first-order chi connectivity index (χ1) is 28.8. The maximum Gasteiger partial charge on any atom is 0.0212 e. The molecule has 268 valence electrons. The lowest BCUT2D eigenvalue weighted by Gasteiger charge is -2.48. The van der Waals surface area contributed by atoms with E-state index in [0.29, 0.717) is 11.8 Å². The molecule has 0 amide bonds. The van der Waals surface area contributed by atoms with Crippen molar-refractivity contribution in [2.24, 2.45) is 23.7 Å². The molecule has 6 aromatic carbocycles. The molecule has 1 fully saturated rings. The first-order valence-electron chi connectivity index (χ1n) is 21.2. The fourth-order valence-corrected chi connectivity index (χ4v) is 13.2. The Morgan fingerprint density at radius 3 is 1.50 bits per heavy atom. The maximum absolute atomic E-state index is 2.61. The molecule has 9 aliphatic carbocycles. The van der Waals surface area contributed by atoms with E-state index in [4.69, 9.17) is 0 Å². The number of benzene rings is 6. The highest BCUT2D eigenvalue weighted by atomic mass is 14.6. The van der Waals surface area contributed by atoms with E-state index in [-0.39, 0.29) is 11.8 Å². The number of fused-ring (bicyclic) bond motifs is 12. The Bertz CT molecular complexity index is 3360. The van der Waals surface area contributed by atoms with Crippen LogP contribution in [0.5, 0.6) is 0 Å². The van der Waals surface area contributed by atoms with Gasteiger partial charge in [0.25, 0.3) is 0 Å². The molecule has 0 spiro atoms. The molecular weight excluding hydrogens is 697 g/mol. The topological polar surface area (TPSA) is 0 Å². The summed E-state index contributed by atoms with van der Waals surface area (Å²) < 4.78 is 0. The molecule has 9 aliphatic rings. The molecule has 4 atom stereocenters. The van der Waals surface area contributed by atoms with Gasteiger partial charge in [0.2, 0.25) is 0 Å². The summed E-state index contributed by atoms with van der Waals surface area (Å²) in [5.41, 5.74) is 28.9. The van der Waals surface area contributed by atoms with Crippen molar-refractivity contribution in [3.05, 3.63) is 226 Å². The predicted octanol–water partition coefficient (Wildman–Crippen LogP) is 14.4. The number of hydrogen-bond acceptors (Lipinski definition) is 0. The molecule has 0 aromatic heterocycles. The van der Waals surface area contributed by atoms with Gasteiger partial charge in [-0.2, -0.15) is 0 Å². The van der Waals surface area contributed by atoms with Crippen LogP contribution in [0.2, 0.25) is 0 Å². The average Bonchev–Trinajstić information content (AvgIpc) is 3.92. The van der Waals surface area contributed by atoms with Crippen LogP contribution < -0.4 is 0 Å². The SMILES string of the molecule is C1=CC2=C(CC1)c1cc3c(-c4ccccc4)c4c(c(-c5ccccc5)c3c3cccc2c13)C1=CC=C2C3=CC=C5c6ccccc6C6=CC=C(C7=CC=C4C1C72)C3C65. The predicted molar refractivity (Wildman–Crippen MR) is 242 cm³/mol. The van der Waals surface area contributed by atoms with E-state index >= 15 is 0 Å². The summed E-state index contributed by atoms with van der Waals surface area (Å²) in [5.74, 6) is 1.28. The standard InChI is InChI=1S/C58H36/c1-3-12-31(13-4-1)49-48-30-47-36-19-10-9-18-35(36)37-20-11-21-44(51(37)47)56(48)50(32-14-5-2-6-15-32)58-46-29-27-43-41-25-23-39-34-17-8-7-16-33(34)38-22-24-40(53(41)52(38)39)42-26-28-45(57(49)58)55(46)54(42)43/h1-9,11-18,20-30,52-55H,10,19H2. The van der Waals surface area contributed by atoms with Gasteiger partial charge in [-0.3, -0.25) is 0 Å². The second-order valence-corrected chi connectivity index (χ2v) is 17.6. The van der Waals surface area contributed by atoms with Crippen LogP contribution in [0.25, 0.3) is 77.2 Å². The lowest BCUT2D eigenvalue weighted by atomic mass is 9.54. The molecule has 0 saturated heterocycles. The summed E-state index contributed by atoms with van der Waals surface area (Å²) in [6.07, 6.45) is 27.1. The minimum Gasteiger partial charge on any atom is -0.0836 e. The summed E-state index contributed by atoms with van der Waals surface area (Å²) in [7, 11) is 0. The van der Waals surface area contributed by atoms with E-state index in [1.807, 2.05) is 0 Å². The van der Waals surface area contributed by atoms with Gasteiger partial charge in [0.15, 0.2) is 0 Å².